The Hall–Kier alpha value is -0.790. The molecule has 0 bridgehead atoms. The maximum atomic E-state index is 11.7. The molecule has 0 rings (SSSR count). The molecule has 1 unspecified atom stereocenters. The fourth-order valence-corrected chi connectivity index (χ4v) is 1.91. The zero-order valence-electron chi connectivity index (χ0n) is 12.4. The molecule has 0 aromatic carbocycles. The Labute approximate surface area is 106 Å². The summed E-state index contributed by atoms with van der Waals surface area (Å²) in [6.45, 7) is 15.9. The van der Waals surface area contributed by atoms with Crippen LogP contribution in [0.3, 0.4) is 0 Å². The number of esters is 1. The molecule has 1 atom stereocenters. The van der Waals surface area contributed by atoms with Gasteiger partial charge in [0, 0.05) is 11.0 Å². The van der Waals surface area contributed by atoms with Crippen molar-refractivity contribution < 1.29 is 9.53 Å². The molecule has 0 aliphatic rings. The molecule has 100 valence electrons. The summed E-state index contributed by atoms with van der Waals surface area (Å²) in [5, 5.41) is 0. The number of rotatable bonds is 7. The van der Waals surface area contributed by atoms with E-state index in [0.717, 1.165) is 12.8 Å². The van der Waals surface area contributed by atoms with Crippen molar-refractivity contribution in [2.45, 2.75) is 72.8 Å². The van der Waals surface area contributed by atoms with E-state index in [1.54, 1.807) is 6.92 Å². The van der Waals surface area contributed by atoms with E-state index >= 15 is 0 Å². The van der Waals surface area contributed by atoms with E-state index in [9.17, 15) is 4.79 Å². The Kier molecular flexibility index (Phi) is 5.94. The largest absolute Gasteiger partial charge is 0.456 e. The first-order valence-corrected chi connectivity index (χ1v) is 6.59. The molecule has 2 nitrogen and oxygen atoms in total. The summed E-state index contributed by atoms with van der Waals surface area (Å²) in [6.07, 6.45) is 4.42. The Morgan fingerprint density at radius 1 is 1.24 bits per heavy atom. The molecule has 0 aromatic heterocycles. The second kappa shape index (κ2) is 6.23. The van der Waals surface area contributed by atoms with Crippen LogP contribution in [0.4, 0.5) is 0 Å². The highest BCUT2D eigenvalue weighted by atomic mass is 16.6. The summed E-state index contributed by atoms with van der Waals surface area (Å²) >= 11 is 0. The first-order valence-electron chi connectivity index (χ1n) is 6.59. The molecule has 0 amide bonds. The zero-order chi connectivity index (χ0) is 13.7. The van der Waals surface area contributed by atoms with Crippen molar-refractivity contribution in [3.8, 4) is 0 Å². The van der Waals surface area contributed by atoms with E-state index in [1.165, 1.54) is 12.8 Å². The van der Waals surface area contributed by atoms with Gasteiger partial charge in [0.15, 0.2) is 0 Å². The second-order valence-electron chi connectivity index (χ2n) is 5.70. The van der Waals surface area contributed by atoms with Gasteiger partial charge in [-0.1, -0.05) is 40.2 Å². The monoisotopic (exact) mass is 240 g/mol. The Balaban J connectivity index is 4.84. The van der Waals surface area contributed by atoms with Crippen molar-refractivity contribution in [3.05, 3.63) is 12.2 Å². The molecule has 0 heterocycles. The SMILES string of the molecule is C=C(C)C(=O)OC(C)(C)C(C)(CC)CCCC. The summed E-state index contributed by atoms with van der Waals surface area (Å²) in [6, 6.07) is 0. The van der Waals surface area contributed by atoms with E-state index in [4.69, 9.17) is 4.74 Å². The summed E-state index contributed by atoms with van der Waals surface area (Å²) in [5.74, 6) is -0.286. The molecule has 0 radical (unpaired) electrons. The summed E-state index contributed by atoms with van der Waals surface area (Å²) in [5.41, 5.74) is 0.0353. The van der Waals surface area contributed by atoms with Gasteiger partial charge in [-0.2, -0.15) is 0 Å². The highest BCUT2D eigenvalue weighted by molar-refractivity contribution is 5.87. The van der Waals surface area contributed by atoms with Gasteiger partial charge in [-0.15, -0.1) is 0 Å². The highest BCUT2D eigenvalue weighted by Crippen LogP contribution is 2.42. The van der Waals surface area contributed by atoms with E-state index in [1.807, 2.05) is 13.8 Å². The van der Waals surface area contributed by atoms with E-state index in [2.05, 4.69) is 27.4 Å². The summed E-state index contributed by atoms with van der Waals surface area (Å²) in [7, 11) is 0. The van der Waals surface area contributed by atoms with Crippen LogP contribution in [0.25, 0.3) is 0 Å². The molecule has 0 fully saturated rings. The van der Waals surface area contributed by atoms with Crippen molar-refractivity contribution in [2.75, 3.05) is 0 Å². The molecular weight excluding hydrogens is 212 g/mol. The normalized spacial score (nSPS) is 15.2. The molecule has 0 aromatic rings. The Morgan fingerprint density at radius 2 is 1.76 bits per heavy atom. The van der Waals surface area contributed by atoms with E-state index in [-0.39, 0.29) is 11.4 Å². The number of unbranched alkanes of at least 4 members (excludes halogenated alkanes) is 1. The molecule has 17 heavy (non-hydrogen) atoms. The van der Waals surface area contributed by atoms with Crippen molar-refractivity contribution in [1.82, 2.24) is 0 Å². The van der Waals surface area contributed by atoms with E-state index < -0.39 is 5.60 Å². The van der Waals surface area contributed by atoms with Crippen LogP contribution >= 0.6 is 0 Å². The van der Waals surface area contributed by atoms with Crippen molar-refractivity contribution >= 4 is 5.97 Å². The number of carbonyl (C=O) groups excluding carboxylic acids is 1. The quantitative estimate of drug-likeness (QED) is 0.484. The minimum Gasteiger partial charge on any atom is -0.456 e. The van der Waals surface area contributed by atoms with Gasteiger partial charge in [-0.25, -0.2) is 4.79 Å². The van der Waals surface area contributed by atoms with Gasteiger partial charge >= 0.3 is 5.97 Å². The lowest BCUT2D eigenvalue weighted by Gasteiger charge is -2.43. The highest BCUT2D eigenvalue weighted by Gasteiger charge is 2.42. The topological polar surface area (TPSA) is 26.3 Å². The van der Waals surface area contributed by atoms with Gasteiger partial charge in [-0.05, 0) is 33.6 Å². The van der Waals surface area contributed by atoms with Crippen LogP contribution < -0.4 is 0 Å². The lowest BCUT2D eigenvalue weighted by molar-refractivity contribution is -0.166. The molecular formula is C15H28O2. The smallest absolute Gasteiger partial charge is 0.333 e. The van der Waals surface area contributed by atoms with Crippen molar-refractivity contribution in [1.29, 1.82) is 0 Å². The lowest BCUT2D eigenvalue weighted by Crippen LogP contribution is -2.45. The molecule has 0 saturated carbocycles. The predicted octanol–water partition coefficient (Wildman–Crippen LogP) is 4.49. The van der Waals surface area contributed by atoms with Crippen LogP contribution in [0, 0.1) is 5.41 Å². The minimum absolute atomic E-state index is 0.0219. The average Bonchev–Trinajstić information content (AvgIpc) is 2.24. The van der Waals surface area contributed by atoms with Gasteiger partial charge in [0.1, 0.15) is 5.60 Å². The minimum atomic E-state index is -0.451. The Bertz CT molecular complexity index is 279. The van der Waals surface area contributed by atoms with Crippen LogP contribution in [0.2, 0.25) is 0 Å². The number of hydrogen-bond acceptors (Lipinski definition) is 2. The maximum absolute atomic E-state index is 11.7. The van der Waals surface area contributed by atoms with Crippen LogP contribution in [0.15, 0.2) is 12.2 Å². The Morgan fingerprint density at radius 3 is 2.12 bits per heavy atom. The zero-order valence-corrected chi connectivity index (χ0v) is 12.4. The first kappa shape index (κ1) is 16.2. The number of ether oxygens (including phenoxy) is 1. The summed E-state index contributed by atoms with van der Waals surface area (Å²) < 4.78 is 5.61. The van der Waals surface area contributed by atoms with Crippen LogP contribution in [0.1, 0.15) is 67.2 Å². The molecule has 0 aliphatic heterocycles. The predicted molar refractivity (Wildman–Crippen MR) is 72.9 cm³/mol. The second-order valence-corrected chi connectivity index (χ2v) is 5.70. The van der Waals surface area contributed by atoms with Gasteiger partial charge in [0.2, 0.25) is 0 Å². The van der Waals surface area contributed by atoms with Gasteiger partial charge in [-0.3, -0.25) is 0 Å². The molecule has 0 N–H and O–H groups in total. The maximum Gasteiger partial charge on any atom is 0.333 e. The molecule has 2 heteroatoms. The standard InChI is InChI=1S/C15H28O2/c1-8-10-11-15(7,9-2)14(5,6)17-13(16)12(3)4/h3,8-11H2,1-2,4-7H3. The van der Waals surface area contributed by atoms with Crippen LogP contribution in [0.5, 0.6) is 0 Å². The van der Waals surface area contributed by atoms with Crippen LogP contribution in [-0.2, 0) is 9.53 Å². The van der Waals surface area contributed by atoms with Crippen molar-refractivity contribution in [3.63, 3.8) is 0 Å². The van der Waals surface area contributed by atoms with Gasteiger partial charge in [0.25, 0.3) is 0 Å². The first-order chi connectivity index (χ1) is 7.70. The number of carbonyl (C=O) groups is 1. The third-order valence-corrected chi connectivity index (χ3v) is 4.01. The third kappa shape index (κ3) is 4.18. The fourth-order valence-electron chi connectivity index (χ4n) is 1.91. The third-order valence-electron chi connectivity index (χ3n) is 4.01. The molecule has 0 aliphatic carbocycles. The number of hydrogen-bond donors (Lipinski definition) is 0. The summed E-state index contributed by atoms with van der Waals surface area (Å²) in [4.78, 5) is 11.7. The van der Waals surface area contributed by atoms with Gasteiger partial charge in [0.05, 0.1) is 0 Å². The average molecular weight is 240 g/mol. The van der Waals surface area contributed by atoms with Gasteiger partial charge < -0.3 is 4.74 Å². The van der Waals surface area contributed by atoms with E-state index in [0.29, 0.717) is 5.57 Å². The molecule has 0 saturated heterocycles. The van der Waals surface area contributed by atoms with Crippen molar-refractivity contribution in [2.24, 2.45) is 5.41 Å². The van der Waals surface area contributed by atoms with Crippen LogP contribution in [-0.4, -0.2) is 11.6 Å². The fraction of sp³-hybridized carbons (Fsp3) is 0.800. The lowest BCUT2D eigenvalue weighted by atomic mass is 9.70. The molecule has 0 spiro atoms.